The zero-order valence-corrected chi connectivity index (χ0v) is 17.1. The van der Waals surface area contributed by atoms with Crippen molar-refractivity contribution in [3.63, 3.8) is 0 Å². The van der Waals surface area contributed by atoms with Crippen LogP contribution in [-0.2, 0) is 6.42 Å². The van der Waals surface area contributed by atoms with Crippen molar-refractivity contribution in [3.05, 3.63) is 62.8 Å². The van der Waals surface area contributed by atoms with Crippen LogP contribution in [0.3, 0.4) is 0 Å². The van der Waals surface area contributed by atoms with Crippen LogP contribution < -0.4 is 0 Å². The van der Waals surface area contributed by atoms with E-state index >= 15 is 0 Å². The SMILES string of the molecule is N=C(c1ccc(-n2cc(CCC(=O)c3ccc(Cl)s3)nn2)c(F)c1)N1CCCC1. The van der Waals surface area contributed by atoms with Crippen molar-refractivity contribution in [2.75, 3.05) is 13.1 Å². The zero-order chi connectivity index (χ0) is 20.4. The minimum absolute atomic E-state index is 0.00703. The number of halogens is 2. The Labute approximate surface area is 176 Å². The number of Topliss-reactive ketones (excluding diaryl/α,β-unsaturated/α-hetero) is 1. The molecule has 1 saturated heterocycles. The molecule has 0 unspecified atom stereocenters. The monoisotopic (exact) mass is 431 g/mol. The molecule has 1 aromatic carbocycles. The second-order valence-electron chi connectivity index (χ2n) is 6.89. The highest BCUT2D eigenvalue weighted by molar-refractivity contribution is 7.18. The summed E-state index contributed by atoms with van der Waals surface area (Å²) in [5.74, 6) is -0.126. The first-order chi connectivity index (χ1) is 14.0. The topological polar surface area (TPSA) is 74.9 Å². The first-order valence-corrected chi connectivity index (χ1v) is 10.5. The summed E-state index contributed by atoms with van der Waals surface area (Å²) < 4.78 is 16.6. The lowest BCUT2D eigenvalue weighted by Gasteiger charge is -2.18. The predicted molar refractivity (Wildman–Crippen MR) is 111 cm³/mol. The number of aryl methyl sites for hydroxylation is 1. The van der Waals surface area contributed by atoms with Crippen LogP contribution in [0, 0.1) is 11.2 Å². The number of hydrogen-bond donors (Lipinski definition) is 1. The highest BCUT2D eigenvalue weighted by atomic mass is 35.5. The van der Waals surface area contributed by atoms with E-state index in [0.29, 0.717) is 32.7 Å². The van der Waals surface area contributed by atoms with Crippen molar-refractivity contribution < 1.29 is 9.18 Å². The highest BCUT2D eigenvalue weighted by Crippen LogP contribution is 2.23. The third kappa shape index (κ3) is 4.38. The number of amidine groups is 1. The number of benzene rings is 1. The van der Waals surface area contributed by atoms with Crippen LogP contribution in [0.5, 0.6) is 0 Å². The van der Waals surface area contributed by atoms with Gasteiger partial charge in [0.2, 0.25) is 0 Å². The number of ketones is 1. The number of nitrogens with zero attached hydrogens (tertiary/aromatic N) is 4. The summed E-state index contributed by atoms with van der Waals surface area (Å²) in [5.41, 5.74) is 1.42. The Morgan fingerprint density at radius 1 is 1.24 bits per heavy atom. The molecule has 2 aromatic heterocycles. The van der Waals surface area contributed by atoms with Gasteiger partial charge in [-0.1, -0.05) is 16.8 Å². The van der Waals surface area contributed by atoms with Crippen molar-refractivity contribution in [2.45, 2.75) is 25.7 Å². The van der Waals surface area contributed by atoms with Gasteiger partial charge in [0.05, 0.1) is 21.1 Å². The van der Waals surface area contributed by atoms with E-state index in [1.807, 2.05) is 4.90 Å². The first kappa shape index (κ1) is 19.7. The highest BCUT2D eigenvalue weighted by Gasteiger charge is 2.18. The molecule has 3 aromatic rings. The predicted octanol–water partition coefficient (Wildman–Crippen LogP) is 4.36. The molecule has 0 aliphatic carbocycles. The average molecular weight is 432 g/mol. The zero-order valence-electron chi connectivity index (χ0n) is 15.6. The number of rotatable bonds is 6. The Balaban J connectivity index is 1.43. The summed E-state index contributed by atoms with van der Waals surface area (Å²) in [4.78, 5) is 14.8. The molecular formula is C20H19ClFN5OS. The van der Waals surface area contributed by atoms with Crippen LogP contribution in [0.25, 0.3) is 5.69 Å². The number of nitrogens with one attached hydrogen (secondary N) is 1. The second-order valence-corrected chi connectivity index (χ2v) is 8.61. The summed E-state index contributed by atoms with van der Waals surface area (Å²) in [7, 11) is 0. The van der Waals surface area contributed by atoms with E-state index in [4.69, 9.17) is 17.0 Å². The molecule has 4 rings (SSSR count). The minimum atomic E-state index is -0.466. The fraction of sp³-hybridized carbons (Fsp3) is 0.300. The van der Waals surface area contributed by atoms with Crippen molar-refractivity contribution in [1.82, 2.24) is 19.9 Å². The Bertz CT molecular complexity index is 1060. The van der Waals surface area contributed by atoms with E-state index in [1.165, 1.54) is 22.1 Å². The van der Waals surface area contributed by atoms with Gasteiger partial charge < -0.3 is 4.90 Å². The lowest BCUT2D eigenvalue weighted by molar-refractivity contribution is 0.0986. The lowest BCUT2D eigenvalue weighted by Crippen LogP contribution is -2.27. The van der Waals surface area contributed by atoms with Crippen molar-refractivity contribution in [2.24, 2.45) is 0 Å². The molecule has 0 saturated carbocycles. The molecule has 0 amide bonds. The molecule has 1 N–H and O–H groups in total. The van der Waals surface area contributed by atoms with Gasteiger partial charge in [-0.15, -0.1) is 16.4 Å². The maximum atomic E-state index is 14.7. The molecule has 1 fully saturated rings. The Kier molecular flexibility index (Phi) is 5.73. The van der Waals surface area contributed by atoms with E-state index in [-0.39, 0.29) is 17.9 Å². The van der Waals surface area contributed by atoms with Gasteiger partial charge >= 0.3 is 0 Å². The third-order valence-corrected chi connectivity index (χ3v) is 6.16. The lowest BCUT2D eigenvalue weighted by atomic mass is 10.1. The number of hydrogen-bond acceptors (Lipinski definition) is 5. The summed E-state index contributed by atoms with van der Waals surface area (Å²) in [6, 6.07) is 8.10. The van der Waals surface area contributed by atoms with Crippen LogP contribution in [0.2, 0.25) is 4.34 Å². The minimum Gasteiger partial charge on any atom is -0.357 e. The quantitative estimate of drug-likeness (QED) is 0.357. The standard InChI is InChI=1S/C20H19ClFN5OS/c21-19-8-7-18(29-19)17(28)6-4-14-12-27(25-24-14)16-5-3-13(11-15(16)22)20(23)26-9-1-2-10-26/h3,5,7-8,11-12,23H,1-2,4,6,9-10H2. The molecule has 9 heteroatoms. The molecule has 0 spiro atoms. The molecule has 1 aliphatic rings. The summed E-state index contributed by atoms with van der Waals surface area (Å²) in [6.07, 6.45) is 4.44. The smallest absolute Gasteiger partial charge is 0.173 e. The summed E-state index contributed by atoms with van der Waals surface area (Å²) in [6.45, 7) is 1.68. The Morgan fingerprint density at radius 2 is 2.03 bits per heavy atom. The van der Waals surface area contributed by atoms with Crippen molar-refractivity contribution >= 4 is 34.6 Å². The molecule has 0 bridgehead atoms. The molecule has 0 atom stereocenters. The van der Waals surface area contributed by atoms with Crippen molar-refractivity contribution in [3.8, 4) is 5.69 Å². The number of thiophene rings is 1. The summed E-state index contributed by atoms with van der Waals surface area (Å²) in [5, 5.41) is 16.3. The van der Waals surface area contributed by atoms with Crippen LogP contribution in [0.1, 0.15) is 40.2 Å². The maximum Gasteiger partial charge on any atom is 0.173 e. The second kappa shape index (κ2) is 8.42. The number of carbonyl (C=O) groups is 1. The van der Waals surface area contributed by atoms with Gasteiger partial charge in [0.1, 0.15) is 17.3 Å². The van der Waals surface area contributed by atoms with Gasteiger partial charge in [-0.05, 0) is 43.2 Å². The fourth-order valence-electron chi connectivity index (χ4n) is 3.32. The van der Waals surface area contributed by atoms with Gasteiger partial charge in [-0.25, -0.2) is 9.07 Å². The largest absolute Gasteiger partial charge is 0.357 e. The molecule has 29 heavy (non-hydrogen) atoms. The normalized spacial score (nSPS) is 13.8. The Hall–Kier alpha value is -2.58. The summed E-state index contributed by atoms with van der Waals surface area (Å²) >= 11 is 7.12. The molecular weight excluding hydrogens is 413 g/mol. The van der Waals surface area contributed by atoms with Crippen molar-refractivity contribution in [1.29, 1.82) is 5.41 Å². The van der Waals surface area contributed by atoms with Gasteiger partial charge in [-0.2, -0.15) is 0 Å². The van der Waals surface area contributed by atoms with Gasteiger partial charge in [-0.3, -0.25) is 10.2 Å². The van der Waals surface area contributed by atoms with E-state index < -0.39 is 5.82 Å². The van der Waals surface area contributed by atoms with E-state index in [2.05, 4.69) is 10.3 Å². The van der Waals surface area contributed by atoms with E-state index in [9.17, 15) is 9.18 Å². The maximum absolute atomic E-state index is 14.7. The van der Waals surface area contributed by atoms with Gasteiger partial charge in [0.25, 0.3) is 0 Å². The number of aromatic nitrogens is 3. The third-order valence-electron chi connectivity index (χ3n) is 4.89. The van der Waals surface area contributed by atoms with E-state index in [0.717, 1.165) is 25.9 Å². The van der Waals surface area contributed by atoms with Crippen LogP contribution in [0.15, 0.2) is 36.5 Å². The van der Waals surface area contributed by atoms with Crippen LogP contribution in [-0.4, -0.2) is 44.6 Å². The molecule has 1 aliphatic heterocycles. The number of carbonyl (C=O) groups excluding carboxylic acids is 1. The van der Waals surface area contributed by atoms with E-state index in [1.54, 1.807) is 30.5 Å². The number of likely N-dealkylation sites (tertiary alicyclic amines) is 1. The van der Waals surface area contributed by atoms with Gasteiger partial charge in [0.15, 0.2) is 5.78 Å². The fourth-order valence-corrected chi connectivity index (χ4v) is 4.33. The van der Waals surface area contributed by atoms with Crippen LogP contribution >= 0.6 is 22.9 Å². The first-order valence-electron chi connectivity index (χ1n) is 9.35. The van der Waals surface area contributed by atoms with Crippen LogP contribution in [0.4, 0.5) is 4.39 Å². The molecule has 3 heterocycles. The molecule has 6 nitrogen and oxygen atoms in total. The average Bonchev–Trinajstić information content (AvgIpc) is 3.47. The molecule has 150 valence electrons. The Morgan fingerprint density at radius 3 is 2.72 bits per heavy atom. The molecule has 0 radical (unpaired) electrons. The van der Waals surface area contributed by atoms with Gasteiger partial charge in [0, 0.05) is 31.5 Å².